The predicted molar refractivity (Wildman–Crippen MR) is 83.0 cm³/mol. The summed E-state index contributed by atoms with van der Waals surface area (Å²) >= 11 is 8.50. The lowest BCUT2D eigenvalue weighted by molar-refractivity contribution is 0.401. The summed E-state index contributed by atoms with van der Waals surface area (Å²) in [6.45, 7) is 1.87. The number of imidazole rings is 1. The van der Waals surface area contributed by atoms with Crippen molar-refractivity contribution in [1.82, 2.24) is 19.5 Å². The molecule has 0 aliphatic heterocycles. The molecule has 5 nitrogen and oxygen atoms in total. The molecular formula is C13H10BrFN4OS. The minimum atomic E-state index is -0.368. The third-order valence-corrected chi connectivity index (χ3v) is 4.00. The molecule has 0 unspecified atom stereocenters. The predicted octanol–water partition coefficient (Wildman–Crippen LogP) is 3.70. The number of halogens is 2. The quantitative estimate of drug-likeness (QED) is 0.700. The second-order valence-corrected chi connectivity index (χ2v) is 5.64. The van der Waals surface area contributed by atoms with Crippen LogP contribution in [0.1, 0.15) is 5.56 Å². The lowest BCUT2D eigenvalue weighted by Crippen LogP contribution is -2.00. The monoisotopic (exact) mass is 368 g/mol. The van der Waals surface area contributed by atoms with Gasteiger partial charge in [0.05, 0.1) is 17.3 Å². The number of ether oxygens (including phenoxy) is 1. The molecule has 0 fully saturated rings. The van der Waals surface area contributed by atoms with Crippen LogP contribution < -0.4 is 4.74 Å². The number of nitrogens with one attached hydrogen (secondary N) is 1. The molecule has 0 spiro atoms. The molecule has 2 aromatic heterocycles. The fourth-order valence-corrected chi connectivity index (χ4v) is 2.90. The van der Waals surface area contributed by atoms with Crippen LogP contribution in [0.3, 0.4) is 0 Å². The maximum absolute atomic E-state index is 13.9. The van der Waals surface area contributed by atoms with E-state index in [0.717, 1.165) is 5.56 Å². The average molecular weight is 369 g/mol. The van der Waals surface area contributed by atoms with Crippen LogP contribution in [0.5, 0.6) is 5.88 Å². The van der Waals surface area contributed by atoms with Crippen molar-refractivity contribution in [3.8, 4) is 11.6 Å². The zero-order valence-corrected chi connectivity index (χ0v) is 13.5. The Balaban J connectivity index is 2.39. The molecule has 1 aromatic carbocycles. The van der Waals surface area contributed by atoms with Crippen LogP contribution in [0.15, 0.2) is 22.9 Å². The van der Waals surface area contributed by atoms with Crippen LogP contribution >= 0.6 is 28.1 Å². The Morgan fingerprint density at radius 2 is 2.14 bits per heavy atom. The number of H-pyrrole nitrogens is 1. The van der Waals surface area contributed by atoms with Gasteiger partial charge >= 0.3 is 0 Å². The van der Waals surface area contributed by atoms with E-state index in [4.69, 9.17) is 17.0 Å². The first-order chi connectivity index (χ1) is 10.0. The molecule has 3 aromatic rings. The first kappa shape index (κ1) is 14.2. The SMILES string of the molecule is COc1ncnc2c1[nH]c(=S)n2-c1cc(F)c(Br)cc1C. The summed E-state index contributed by atoms with van der Waals surface area (Å²) in [5.41, 5.74) is 2.59. The Morgan fingerprint density at radius 3 is 2.86 bits per heavy atom. The van der Waals surface area contributed by atoms with E-state index in [0.29, 0.717) is 32.0 Å². The van der Waals surface area contributed by atoms with Crippen molar-refractivity contribution in [3.05, 3.63) is 39.1 Å². The number of aromatic nitrogens is 4. The number of hydrogen-bond donors (Lipinski definition) is 1. The lowest BCUT2D eigenvalue weighted by atomic mass is 10.2. The number of nitrogens with zero attached hydrogens (tertiary/aromatic N) is 3. The van der Waals surface area contributed by atoms with E-state index in [-0.39, 0.29) is 5.82 Å². The zero-order valence-electron chi connectivity index (χ0n) is 11.1. The van der Waals surface area contributed by atoms with Crippen molar-refractivity contribution in [2.24, 2.45) is 0 Å². The van der Waals surface area contributed by atoms with Gasteiger partial charge in [-0.3, -0.25) is 4.57 Å². The van der Waals surface area contributed by atoms with Gasteiger partial charge < -0.3 is 9.72 Å². The Labute approximate surface area is 132 Å². The third kappa shape index (κ3) is 2.24. The van der Waals surface area contributed by atoms with Crippen molar-refractivity contribution in [2.45, 2.75) is 6.92 Å². The van der Waals surface area contributed by atoms with Gasteiger partial charge in [-0.1, -0.05) is 0 Å². The summed E-state index contributed by atoms with van der Waals surface area (Å²) in [6.07, 6.45) is 1.38. The first-order valence-corrected chi connectivity index (χ1v) is 7.18. The minimum Gasteiger partial charge on any atom is -0.479 e. The van der Waals surface area contributed by atoms with Crippen LogP contribution in [0, 0.1) is 17.5 Å². The van der Waals surface area contributed by atoms with Crippen LogP contribution in [0.4, 0.5) is 4.39 Å². The number of fused-ring (bicyclic) bond motifs is 1. The van der Waals surface area contributed by atoms with Crippen LogP contribution in [-0.2, 0) is 0 Å². The summed E-state index contributed by atoms with van der Waals surface area (Å²) in [6, 6.07) is 3.11. The standard InChI is InChI=1S/C13H10BrFN4OS/c1-6-3-7(14)8(15)4-9(6)19-11-10(18-13(19)21)12(20-2)17-5-16-11/h3-5H,1-2H3,(H,18,21). The number of aryl methyl sites for hydroxylation is 1. The third-order valence-electron chi connectivity index (χ3n) is 3.11. The summed E-state index contributed by atoms with van der Waals surface area (Å²) in [4.78, 5) is 11.2. The first-order valence-electron chi connectivity index (χ1n) is 5.98. The Bertz CT molecular complexity index is 905. The molecule has 0 aliphatic rings. The molecule has 0 atom stereocenters. The van der Waals surface area contributed by atoms with E-state index >= 15 is 0 Å². The molecular weight excluding hydrogens is 359 g/mol. The highest BCUT2D eigenvalue weighted by atomic mass is 79.9. The molecule has 0 amide bonds. The molecule has 0 saturated carbocycles. The highest BCUT2D eigenvalue weighted by Crippen LogP contribution is 2.28. The molecule has 0 radical (unpaired) electrons. The number of methoxy groups -OCH3 is 1. The second-order valence-electron chi connectivity index (χ2n) is 4.40. The van der Waals surface area contributed by atoms with Gasteiger partial charge in [-0.2, -0.15) is 4.98 Å². The maximum Gasteiger partial charge on any atom is 0.242 e. The summed E-state index contributed by atoms with van der Waals surface area (Å²) < 4.78 is 21.5. The normalized spacial score (nSPS) is 11.0. The Morgan fingerprint density at radius 1 is 1.38 bits per heavy atom. The van der Waals surface area contributed by atoms with Crippen LogP contribution in [0.2, 0.25) is 0 Å². The van der Waals surface area contributed by atoms with Crippen molar-refractivity contribution in [3.63, 3.8) is 0 Å². The molecule has 0 saturated heterocycles. The molecule has 2 heterocycles. The smallest absolute Gasteiger partial charge is 0.242 e. The minimum absolute atomic E-state index is 0.368. The van der Waals surface area contributed by atoms with Crippen LogP contribution in [-0.4, -0.2) is 26.6 Å². The van der Waals surface area contributed by atoms with Gasteiger partial charge in [0.25, 0.3) is 0 Å². The molecule has 1 N–H and O–H groups in total. The molecule has 0 aliphatic carbocycles. The topological polar surface area (TPSA) is 55.7 Å². The van der Waals surface area contributed by atoms with E-state index in [1.807, 2.05) is 6.92 Å². The highest BCUT2D eigenvalue weighted by molar-refractivity contribution is 9.10. The van der Waals surface area contributed by atoms with E-state index in [1.54, 1.807) is 10.6 Å². The fourth-order valence-electron chi connectivity index (χ4n) is 2.15. The summed E-state index contributed by atoms with van der Waals surface area (Å²) in [7, 11) is 1.51. The summed E-state index contributed by atoms with van der Waals surface area (Å²) in [5, 5.41) is 0. The van der Waals surface area contributed by atoms with Crippen molar-refractivity contribution in [2.75, 3.05) is 7.11 Å². The molecule has 0 bridgehead atoms. The summed E-state index contributed by atoms with van der Waals surface area (Å²) in [5.74, 6) is 0.0213. The zero-order chi connectivity index (χ0) is 15.1. The van der Waals surface area contributed by atoms with Gasteiger partial charge in [-0.25, -0.2) is 9.37 Å². The molecule has 3 rings (SSSR count). The van der Waals surface area contributed by atoms with Gasteiger partial charge in [-0.05, 0) is 52.8 Å². The molecule has 8 heteroatoms. The van der Waals surface area contributed by atoms with Gasteiger partial charge in [0.15, 0.2) is 10.4 Å². The van der Waals surface area contributed by atoms with Gasteiger partial charge in [0, 0.05) is 0 Å². The lowest BCUT2D eigenvalue weighted by Gasteiger charge is -2.09. The second kappa shape index (κ2) is 5.19. The van der Waals surface area contributed by atoms with Crippen molar-refractivity contribution in [1.29, 1.82) is 0 Å². The van der Waals surface area contributed by atoms with E-state index in [2.05, 4.69) is 30.9 Å². The van der Waals surface area contributed by atoms with Gasteiger partial charge in [0.2, 0.25) is 5.88 Å². The van der Waals surface area contributed by atoms with Crippen molar-refractivity contribution >= 4 is 39.3 Å². The van der Waals surface area contributed by atoms with Gasteiger partial charge in [0.1, 0.15) is 17.7 Å². The Hall–Kier alpha value is -1.80. The number of hydrogen-bond acceptors (Lipinski definition) is 4. The fraction of sp³-hybridized carbons (Fsp3) is 0.154. The average Bonchev–Trinajstić information content (AvgIpc) is 2.79. The maximum atomic E-state index is 13.9. The number of benzene rings is 1. The number of rotatable bonds is 2. The van der Waals surface area contributed by atoms with E-state index in [1.165, 1.54) is 19.5 Å². The van der Waals surface area contributed by atoms with E-state index < -0.39 is 0 Å². The van der Waals surface area contributed by atoms with Gasteiger partial charge in [-0.15, -0.1) is 0 Å². The van der Waals surface area contributed by atoms with Crippen LogP contribution in [0.25, 0.3) is 16.9 Å². The molecule has 108 valence electrons. The molecule has 21 heavy (non-hydrogen) atoms. The Kier molecular flexibility index (Phi) is 3.50. The van der Waals surface area contributed by atoms with Crippen molar-refractivity contribution < 1.29 is 9.13 Å². The highest BCUT2D eigenvalue weighted by Gasteiger charge is 2.15. The largest absolute Gasteiger partial charge is 0.479 e. The van der Waals surface area contributed by atoms with E-state index in [9.17, 15) is 4.39 Å². The number of aromatic amines is 1.